The third kappa shape index (κ3) is 7.84. The molecule has 0 fully saturated rings. The minimum absolute atomic E-state index is 0.222. The van der Waals surface area contributed by atoms with Crippen molar-refractivity contribution < 1.29 is 24.5 Å². The van der Waals surface area contributed by atoms with E-state index in [0.29, 0.717) is 5.75 Å². The molecular weight excluding hydrogens is 224 g/mol. The number of aliphatic carboxylic acids is 2. The molecule has 0 amide bonds. The average Bonchev–Trinajstić information content (AvgIpc) is 2.31. The molecule has 0 spiro atoms. The van der Waals surface area contributed by atoms with Gasteiger partial charge in [0, 0.05) is 6.42 Å². The maximum Gasteiger partial charge on any atom is 0.344 e. The lowest BCUT2D eigenvalue weighted by molar-refractivity contribution is -0.144. The number of carboxylic acids is 2. The summed E-state index contributed by atoms with van der Waals surface area (Å²) >= 11 is 0. The zero-order valence-corrected chi connectivity index (χ0v) is 9.79. The van der Waals surface area contributed by atoms with E-state index in [9.17, 15) is 9.59 Å². The van der Waals surface area contributed by atoms with Crippen molar-refractivity contribution in [3.05, 3.63) is 30.3 Å². The summed E-state index contributed by atoms with van der Waals surface area (Å²) in [5, 5.41) is 16.2. The molecule has 1 atom stereocenters. The Morgan fingerprint density at radius 1 is 1.24 bits per heavy atom. The van der Waals surface area contributed by atoms with Crippen LogP contribution >= 0.6 is 0 Å². The maximum atomic E-state index is 10.4. The standard InChI is InChI=1S/C9H10O3.C3H6O2/c1-7(9(10)11)12-8-5-3-2-4-6-8;1-2-3(4)5/h2-7H,1H3,(H,10,11);2H2,1H3,(H,4,5). The Labute approximate surface area is 99.7 Å². The van der Waals surface area contributed by atoms with E-state index in [2.05, 4.69) is 0 Å². The van der Waals surface area contributed by atoms with Crippen LogP contribution in [0.25, 0.3) is 0 Å². The van der Waals surface area contributed by atoms with Gasteiger partial charge in [0.2, 0.25) is 0 Å². The molecule has 5 nitrogen and oxygen atoms in total. The van der Waals surface area contributed by atoms with E-state index in [-0.39, 0.29) is 6.42 Å². The van der Waals surface area contributed by atoms with Gasteiger partial charge < -0.3 is 14.9 Å². The first kappa shape index (κ1) is 15.0. The van der Waals surface area contributed by atoms with Gasteiger partial charge in [-0.2, -0.15) is 0 Å². The van der Waals surface area contributed by atoms with E-state index in [0.717, 1.165) is 0 Å². The number of rotatable bonds is 4. The van der Waals surface area contributed by atoms with Crippen LogP contribution in [0.15, 0.2) is 30.3 Å². The van der Waals surface area contributed by atoms with Crippen LogP contribution in [0.3, 0.4) is 0 Å². The van der Waals surface area contributed by atoms with Gasteiger partial charge in [-0.15, -0.1) is 0 Å². The van der Waals surface area contributed by atoms with Crippen molar-refractivity contribution in [2.24, 2.45) is 0 Å². The quantitative estimate of drug-likeness (QED) is 0.841. The van der Waals surface area contributed by atoms with E-state index >= 15 is 0 Å². The maximum absolute atomic E-state index is 10.4. The zero-order valence-electron chi connectivity index (χ0n) is 9.79. The van der Waals surface area contributed by atoms with Crippen LogP contribution in [0.1, 0.15) is 20.3 Å². The van der Waals surface area contributed by atoms with Crippen molar-refractivity contribution in [3.8, 4) is 5.75 Å². The van der Waals surface area contributed by atoms with Gasteiger partial charge in [0.25, 0.3) is 0 Å². The van der Waals surface area contributed by atoms with E-state index < -0.39 is 18.0 Å². The lowest BCUT2D eigenvalue weighted by atomic mass is 10.3. The lowest BCUT2D eigenvalue weighted by Gasteiger charge is -2.09. The van der Waals surface area contributed by atoms with Crippen LogP contribution in [-0.2, 0) is 9.59 Å². The lowest BCUT2D eigenvalue weighted by Crippen LogP contribution is -2.22. The number of para-hydroxylation sites is 1. The molecule has 0 aliphatic heterocycles. The van der Waals surface area contributed by atoms with E-state index in [1.165, 1.54) is 6.92 Å². The number of carbonyl (C=O) groups is 2. The molecule has 0 bridgehead atoms. The predicted octanol–water partition coefficient (Wildman–Crippen LogP) is 2.02. The first-order valence-electron chi connectivity index (χ1n) is 5.13. The monoisotopic (exact) mass is 240 g/mol. The summed E-state index contributed by atoms with van der Waals surface area (Å²) in [5.74, 6) is -1.13. The SMILES string of the molecule is CC(Oc1ccccc1)C(=O)O.CCC(=O)O. The van der Waals surface area contributed by atoms with Crippen LogP contribution in [0.5, 0.6) is 5.75 Å². The van der Waals surface area contributed by atoms with E-state index in [4.69, 9.17) is 14.9 Å². The summed E-state index contributed by atoms with van der Waals surface area (Å²) in [4.78, 5) is 19.7. The zero-order chi connectivity index (χ0) is 13.3. The van der Waals surface area contributed by atoms with Gasteiger partial charge in [-0.1, -0.05) is 25.1 Å². The first-order valence-corrected chi connectivity index (χ1v) is 5.13. The molecule has 1 unspecified atom stereocenters. The molecule has 94 valence electrons. The Kier molecular flexibility index (Phi) is 7.17. The summed E-state index contributed by atoms with van der Waals surface area (Å²) in [6, 6.07) is 8.88. The van der Waals surface area contributed by atoms with Crippen molar-refractivity contribution >= 4 is 11.9 Å². The fraction of sp³-hybridized carbons (Fsp3) is 0.333. The molecule has 17 heavy (non-hydrogen) atoms. The Bertz CT molecular complexity index is 347. The highest BCUT2D eigenvalue weighted by atomic mass is 16.5. The molecule has 0 aromatic heterocycles. The Morgan fingerprint density at radius 3 is 2.06 bits per heavy atom. The highest BCUT2D eigenvalue weighted by molar-refractivity contribution is 5.72. The Balaban J connectivity index is 0.000000437. The smallest absolute Gasteiger partial charge is 0.344 e. The summed E-state index contributed by atoms with van der Waals surface area (Å²) in [6.45, 7) is 3.09. The average molecular weight is 240 g/mol. The van der Waals surface area contributed by atoms with E-state index in [1.807, 2.05) is 6.07 Å². The van der Waals surface area contributed by atoms with Crippen LogP contribution in [-0.4, -0.2) is 28.3 Å². The van der Waals surface area contributed by atoms with Crippen molar-refractivity contribution in [2.75, 3.05) is 0 Å². The molecule has 0 aliphatic carbocycles. The van der Waals surface area contributed by atoms with Crippen molar-refractivity contribution in [3.63, 3.8) is 0 Å². The van der Waals surface area contributed by atoms with Crippen molar-refractivity contribution in [1.29, 1.82) is 0 Å². The number of carboxylic acid groups (broad SMARTS) is 2. The summed E-state index contributed by atoms with van der Waals surface area (Å²) < 4.78 is 5.08. The second kappa shape index (κ2) is 8.15. The van der Waals surface area contributed by atoms with Crippen LogP contribution in [0.2, 0.25) is 0 Å². The number of hydrogen-bond acceptors (Lipinski definition) is 3. The molecular formula is C12H16O5. The third-order valence-electron chi connectivity index (χ3n) is 1.71. The fourth-order valence-electron chi connectivity index (χ4n) is 0.754. The molecule has 1 rings (SSSR count). The van der Waals surface area contributed by atoms with Gasteiger partial charge in [0.1, 0.15) is 5.75 Å². The third-order valence-corrected chi connectivity index (χ3v) is 1.71. The fourth-order valence-corrected chi connectivity index (χ4v) is 0.754. The molecule has 5 heteroatoms. The Hall–Kier alpha value is -2.04. The van der Waals surface area contributed by atoms with E-state index in [1.54, 1.807) is 31.2 Å². The van der Waals surface area contributed by atoms with Gasteiger partial charge >= 0.3 is 11.9 Å². The number of benzene rings is 1. The Morgan fingerprint density at radius 2 is 1.71 bits per heavy atom. The minimum atomic E-state index is -0.959. The minimum Gasteiger partial charge on any atom is -0.481 e. The molecule has 1 aromatic carbocycles. The number of ether oxygens (including phenoxy) is 1. The summed E-state index contributed by atoms with van der Waals surface area (Å²) in [6.07, 6.45) is -0.576. The molecule has 0 radical (unpaired) electrons. The largest absolute Gasteiger partial charge is 0.481 e. The normalized spacial score (nSPS) is 10.7. The molecule has 2 N–H and O–H groups in total. The van der Waals surface area contributed by atoms with Crippen LogP contribution in [0.4, 0.5) is 0 Å². The van der Waals surface area contributed by atoms with Gasteiger partial charge in [-0.3, -0.25) is 4.79 Å². The number of hydrogen-bond donors (Lipinski definition) is 2. The molecule has 0 heterocycles. The molecule has 0 saturated heterocycles. The van der Waals surface area contributed by atoms with Gasteiger partial charge in [0.05, 0.1) is 0 Å². The highest BCUT2D eigenvalue weighted by Crippen LogP contribution is 2.10. The van der Waals surface area contributed by atoms with Crippen molar-refractivity contribution in [1.82, 2.24) is 0 Å². The topological polar surface area (TPSA) is 83.8 Å². The summed E-state index contributed by atoms with van der Waals surface area (Å²) in [7, 11) is 0. The molecule has 1 aromatic rings. The predicted molar refractivity (Wildman–Crippen MR) is 62.1 cm³/mol. The van der Waals surface area contributed by atoms with Crippen LogP contribution in [0, 0.1) is 0 Å². The second-order valence-corrected chi connectivity index (χ2v) is 3.16. The molecule has 0 aliphatic rings. The van der Waals surface area contributed by atoms with Gasteiger partial charge in [0.15, 0.2) is 6.10 Å². The van der Waals surface area contributed by atoms with Crippen LogP contribution < -0.4 is 4.74 Å². The van der Waals surface area contributed by atoms with Gasteiger partial charge in [-0.25, -0.2) is 4.79 Å². The first-order chi connectivity index (χ1) is 7.97. The second-order valence-electron chi connectivity index (χ2n) is 3.16. The highest BCUT2D eigenvalue weighted by Gasteiger charge is 2.11. The van der Waals surface area contributed by atoms with Gasteiger partial charge in [-0.05, 0) is 19.1 Å². The summed E-state index contributed by atoms with van der Waals surface area (Å²) in [5.41, 5.74) is 0. The molecule has 0 saturated carbocycles. The van der Waals surface area contributed by atoms with Crippen molar-refractivity contribution in [2.45, 2.75) is 26.4 Å².